The Balaban J connectivity index is 1.32. The molecule has 41 heavy (non-hydrogen) atoms. The first kappa shape index (κ1) is 28.8. The molecule has 1 aromatic rings. The molecule has 1 aliphatic heterocycles. The van der Waals surface area contributed by atoms with Crippen LogP contribution in [0.25, 0.3) is 0 Å². The van der Waals surface area contributed by atoms with Crippen molar-refractivity contribution in [3.63, 3.8) is 0 Å². The summed E-state index contributed by atoms with van der Waals surface area (Å²) in [5.74, 6) is -0.947. The molecule has 4 aliphatic carbocycles. The van der Waals surface area contributed by atoms with Gasteiger partial charge in [-0.2, -0.15) is 5.06 Å². The Labute approximate surface area is 246 Å². The minimum atomic E-state index is -1.22. The Morgan fingerprint density at radius 1 is 1.20 bits per heavy atom. The molecule has 3 fully saturated rings. The van der Waals surface area contributed by atoms with E-state index in [1.165, 1.54) is 12.5 Å². The van der Waals surface area contributed by atoms with E-state index >= 15 is 0 Å². The van der Waals surface area contributed by atoms with Crippen LogP contribution in [0.15, 0.2) is 54.1 Å². The number of Topliss-reactive ketones (excluding diaryl/α,β-unsaturated/α-hetero) is 1. The van der Waals surface area contributed by atoms with E-state index in [-0.39, 0.29) is 42.3 Å². The Morgan fingerprint density at radius 2 is 1.95 bits per heavy atom. The number of ketones is 2. The van der Waals surface area contributed by atoms with E-state index in [2.05, 4.69) is 25.1 Å². The number of rotatable bonds is 7. The van der Waals surface area contributed by atoms with Crippen molar-refractivity contribution in [2.45, 2.75) is 75.9 Å². The van der Waals surface area contributed by atoms with Crippen molar-refractivity contribution >= 4 is 29.1 Å². The van der Waals surface area contributed by atoms with Crippen LogP contribution in [-0.2, 0) is 30.4 Å². The summed E-state index contributed by atoms with van der Waals surface area (Å²) in [6.07, 6.45) is 8.43. The summed E-state index contributed by atoms with van der Waals surface area (Å²) in [6.45, 7) is 6.31. The molecule has 0 spiro atoms. The third-order valence-corrected chi connectivity index (χ3v) is 12.1. The number of hydroxylamine groups is 2. The van der Waals surface area contributed by atoms with Gasteiger partial charge in [-0.15, -0.1) is 11.6 Å². The molecule has 5 aliphatic rings. The second kappa shape index (κ2) is 10.1. The van der Waals surface area contributed by atoms with Gasteiger partial charge in [0.1, 0.15) is 0 Å². The zero-order chi connectivity index (χ0) is 29.2. The van der Waals surface area contributed by atoms with Crippen molar-refractivity contribution in [2.24, 2.45) is 28.6 Å². The molecule has 0 amide bonds. The molecular weight excluding hydrogens is 542 g/mol. The lowest BCUT2D eigenvalue weighted by atomic mass is 9.46. The summed E-state index contributed by atoms with van der Waals surface area (Å²) in [5.41, 5.74) is -0.379. The highest BCUT2D eigenvalue weighted by molar-refractivity contribution is 6.26. The molecule has 6 rings (SSSR count). The van der Waals surface area contributed by atoms with E-state index in [9.17, 15) is 19.5 Å². The smallest absolute Gasteiger partial charge is 0.303 e. The van der Waals surface area contributed by atoms with Crippen LogP contribution in [0.3, 0.4) is 0 Å². The SMILES string of the molecule is CC(=O)OCC(=O)[C@@]12ON(CCCc3ccccc3)C[C@@H]1C[C@H]1[C@@H]3CC=C4CC(=O)C=C[C@]4(C)[C@@]3(Cl)[C@@H](O)C[C@@]12C. The van der Waals surface area contributed by atoms with Crippen LogP contribution in [-0.4, -0.2) is 64.0 Å². The highest BCUT2D eigenvalue weighted by Gasteiger charge is 2.78. The summed E-state index contributed by atoms with van der Waals surface area (Å²) >= 11 is 7.60. The Morgan fingerprint density at radius 3 is 2.68 bits per heavy atom. The molecule has 1 N–H and O–H groups in total. The highest BCUT2D eigenvalue weighted by Crippen LogP contribution is 2.72. The van der Waals surface area contributed by atoms with Crippen molar-refractivity contribution in [1.82, 2.24) is 5.06 Å². The Hall–Kier alpha value is -2.32. The molecule has 0 aromatic heterocycles. The number of benzene rings is 1. The van der Waals surface area contributed by atoms with Crippen LogP contribution < -0.4 is 0 Å². The lowest BCUT2D eigenvalue weighted by Gasteiger charge is -2.63. The second-order valence-electron chi connectivity index (χ2n) is 13.2. The predicted molar refractivity (Wildman–Crippen MR) is 154 cm³/mol. The van der Waals surface area contributed by atoms with E-state index in [0.717, 1.165) is 24.8 Å². The summed E-state index contributed by atoms with van der Waals surface area (Å²) < 4.78 is 5.24. The van der Waals surface area contributed by atoms with Crippen LogP contribution in [0.1, 0.15) is 58.4 Å². The predicted octanol–water partition coefficient (Wildman–Crippen LogP) is 4.60. The van der Waals surface area contributed by atoms with Crippen LogP contribution in [0.2, 0.25) is 0 Å². The molecular formula is C33H40ClNO6. The number of hydrogen-bond donors (Lipinski definition) is 1. The first-order valence-electron chi connectivity index (χ1n) is 14.9. The summed E-state index contributed by atoms with van der Waals surface area (Å²) in [6, 6.07) is 10.3. The maximum atomic E-state index is 14.1. The van der Waals surface area contributed by atoms with Crippen LogP contribution in [0.4, 0.5) is 0 Å². The fraction of sp³-hybridized carbons (Fsp3) is 0.606. The standard InChI is InChI=1S/C33H40ClNO6/c1-21(36)40-20-29(39)33-24(19-35(41-33)15-7-10-22-8-5-4-6-9-22)17-27-26-12-11-23-16-25(37)13-14-30(23,2)32(26,34)28(38)18-31(27,33)3/h4-6,8-9,11,13-14,24,26-28,38H,7,10,12,15-20H2,1-3H3/t24-,26-,27-,28-,30-,31-,32-,33-/m0/s1. The second-order valence-corrected chi connectivity index (χ2v) is 13.8. The van der Waals surface area contributed by atoms with E-state index in [1.807, 2.05) is 36.3 Å². The van der Waals surface area contributed by atoms with Gasteiger partial charge in [0.25, 0.3) is 0 Å². The van der Waals surface area contributed by atoms with Crippen LogP contribution in [0.5, 0.6) is 0 Å². The monoisotopic (exact) mass is 581 g/mol. The quantitative estimate of drug-likeness (QED) is 0.286. The van der Waals surface area contributed by atoms with Crippen LogP contribution in [0, 0.1) is 28.6 Å². The lowest BCUT2D eigenvalue weighted by molar-refractivity contribution is -0.248. The number of esters is 1. The first-order chi connectivity index (χ1) is 19.5. The van der Waals surface area contributed by atoms with Gasteiger partial charge in [-0.1, -0.05) is 61.9 Å². The number of aryl methyl sites for hydroxylation is 1. The largest absolute Gasteiger partial charge is 0.458 e. The maximum Gasteiger partial charge on any atom is 0.303 e. The van der Waals surface area contributed by atoms with E-state index < -0.39 is 33.4 Å². The average molecular weight is 582 g/mol. The third kappa shape index (κ3) is 4.14. The fourth-order valence-corrected chi connectivity index (χ4v) is 9.75. The number of allylic oxidation sites excluding steroid dienone is 4. The van der Waals surface area contributed by atoms with Crippen molar-refractivity contribution in [3.8, 4) is 0 Å². The molecule has 220 valence electrons. The van der Waals surface area contributed by atoms with Gasteiger partial charge in [0.05, 0.1) is 11.0 Å². The average Bonchev–Trinajstić information content (AvgIpc) is 3.41. The molecule has 0 unspecified atom stereocenters. The van der Waals surface area contributed by atoms with Gasteiger partial charge < -0.3 is 9.84 Å². The molecule has 1 heterocycles. The zero-order valence-electron chi connectivity index (χ0n) is 24.1. The molecule has 7 nitrogen and oxygen atoms in total. The van der Waals surface area contributed by atoms with Gasteiger partial charge >= 0.3 is 5.97 Å². The van der Waals surface area contributed by atoms with Crippen molar-refractivity contribution in [3.05, 3.63) is 59.7 Å². The summed E-state index contributed by atoms with van der Waals surface area (Å²) in [7, 11) is 0. The number of alkyl halides is 1. The van der Waals surface area contributed by atoms with Crippen molar-refractivity contribution in [1.29, 1.82) is 0 Å². The van der Waals surface area contributed by atoms with Gasteiger partial charge in [0.15, 0.2) is 18.0 Å². The van der Waals surface area contributed by atoms with Gasteiger partial charge in [0.2, 0.25) is 5.78 Å². The number of aliphatic hydroxyl groups excluding tert-OH is 1. The lowest BCUT2D eigenvalue weighted by Crippen LogP contribution is -2.69. The van der Waals surface area contributed by atoms with Gasteiger partial charge in [-0.05, 0) is 55.6 Å². The van der Waals surface area contributed by atoms with Gasteiger partial charge in [0, 0.05) is 43.2 Å². The summed E-state index contributed by atoms with van der Waals surface area (Å²) in [4.78, 5) is 43.8. The van der Waals surface area contributed by atoms with Crippen molar-refractivity contribution in [2.75, 3.05) is 19.7 Å². The highest BCUT2D eigenvalue weighted by atomic mass is 35.5. The number of hydrogen-bond acceptors (Lipinski definition) is 7. The molecule has 0 bridgehead atoms. The minimum absolute atomic E-state index is 0.00167. The van der Waals surface area contributed by atoms with E-state index in [4.69, 9.17) is 21.2 Å². The Bertz CT molecular complexity index is 1310. The number of halogens is 1. The molecule has 2 saturated carbocycles. The minimum Gasteiger partial charge on any atom is -0.458 e. The molecule has 8 heteroatoms. The Kier molecular flexibility index (Phi) is 7.12. The third-order valence-electron chi connectivity index (χ3n) is 11.2. The number of nitrogens with zero attached hydrogens (tertiary/aromatic N) is 1. The number of fused-ring (bicyclic) bond motifs is 7. The first-order valence-corrected chi connectivity index (χ1v) is 15.3. The van der Waals surface area contributed by atoms with Gasteiger partial charge in [-0.25, -0.2) is 0 Å². The van der Waals surface area contributed by atoms with E-state index in [0.29, 0.717) is 25.9 Å². The fourth-order valence-electron chi connectivity index (χ4n) is 9.25. The van der Waals surface area contributed by atoms with Gasteiger partial charge in [-0.3, -0.25) is 19.2 Å². The zero-order valence-corrected chi connectivity index (χ0v) is 24.9. The van der Waals surface area contributed by atoms with E-state index in [1.54, 1.807) is 6.08 Å². The summed E-state index contributed by atoms with van der Waals surface area (Å²) in [5, 5.41) is 13.9. The number of ether oxygens (including phenoxy) is 1. The number of aliphatic hydroxyl groups is 1. The number of carbonyl (C=O) groups is 3. The van der Waals surface area contributed by atoms with Crippen molar-refractivity contribution < 1.29 is 29.1 Å². The molecule has 0 radical (unpaired) electrons. The molecule has 1 aromatic carbocycles. The van der Waals surface area contributed by atoms with Crippen LogP contribution >= 0.6 is 11.6 Å². The normalized spacial score (nSPS) is 41.2. The molecule has 1 saturated heterocycles. The number of carbonyl (C=O) groups excluding carboxylic acids is 3. The maximum absolute atomic E-state index is 14.1. The topological polar surface area (TPSA) is 93.1 Å². The molecule has 8 atom stereocenters.